The zero-order valence-electron chi connectivity index (χ0n) is 12.7. The van der Waals surface area contributed by atoms with Crippen LogP contribution in [0.1, 0.15) is 19.8 Å². The van der Waals surface area contributed by atoms with Crippen molar-refractivity contribution in [3.63, 3.8) is 0 Å². The van der Waals surface area contributed by atoms with Crippen molar-refractivity contribution < 1.29 is 19.1 Å². The maximum Gasteiger partial charge on any atom is 0.344 e. The molecule has 7 heteroatoms. The zero-order chi connectivity index (χ0) is 16.9. The SMILES string of the molecule is C[C@@](C#N)(NC(=O)COC(=O)COc1cccc(Br)c1)C1CC1. The first-order valence-electron chi connectivity index (χ1n) is 7.19. The molecule has 0 radical (unpaired) electrons. The largest absolute Gasteiger partial charge is 0.482 e. The molecule has 0 aliphatic heterocycles. The van der Waals surface area contributed by atoms with E-state index in [1.165, 1.54) is 0 Å². The molecule has 0 saturated heterocycles. The molecule has 2 rings (SSSR count). The van der Waals surface area contributed by atoms with Crippen LogP contribution in [0.4, 0.5) is 0 Å². The van der Waals surface area contributed by atoms with E-state index in [1.54, 1.807) is 25.1 Å². The lowest BCUT2D eigenvalue weighted by Gasteiger charge is -2.22. The fourth-order valence-corrected chi connectivity index (χ4v) is 2.47. The molecule has 0 aromatic heterocycles. The lowest BCUT2D eigenvalue weighted by molar-refractivity contribution is -0.150. The first kappa shape index (κ1) is 17.3. The summed E-state index contributed by atoms with van der Waals surface area (Å²) in [6.07, 6.45) is 1.84. The third-order valence-corrected chi connectivity index (χ3v) is 4.04. The van der Waals surface area contributed by atoms with Crippen LogP contribution in [0.5, 0.6) is 5.75 Å². The molecular formula is C16H17BrN2O4. The van der Waals surface area contributed by atoms with E-state index in [1.807, 2.05) is 6.07 Å². The third kappa shape index (κ3) is 5.25. The summed E-state index contributed by atoms with van der Waals surface area (Å²) in [5.41, 5.74) is -0.893. The van der Waals surface area contributed by atoms with Crippen molar-refractivity contribution in [3.05, 3.63) is 28.7 Å². The monoisotopic (exact) mass is 380 g/mol. The van der Waals surface area contributed by atoms with Crippen LogP contribution in [-0.4, -0.2) is 30.6 Å². The van der Waals surface area contributed by atoms with Gasteiger partial charge in [-0.25, -0.2) is 4.79 Å². The van der Waals surface area contributed by atoms with Gasteiger partial charge in [0.2, 0.25) is 0 Å². The van der Waals surface area contributed by atoms with Crippen molar-refractivity contribution in [2.24, 2.45) is 5.92 Å². The smallest absolute Gasteiger partial charge is 0.344 e. The van der Waals surface area contributed by atoms with Gasteiger partial charge in [0, 0.05) is 4.47 Å². The molecule has 1 amide bonds. The molecule has 1 N–H and O–H groups in total. The lowest BCUT2D eigenvalue weighted by atomic mass is 9.98. The minimum Gasteiger partial charge on any atom is -0.482 e. The Balaban J connectivity index is 1.71. The summed E-state index contributed by atoms with van der Waals surface area (Å²) in [6, 6.07) is 9.14. The van der Waals surface area contributed by atoms with Crippen LogP contribution in [0.15, 0.2) is 28.7 Å². The quantitative estimate of drug-likeness (QED) is 0.732. The topological polar surface area (TPSA) is 88.4 Å². The summed E-state index contributed by atoms with van der Waals surface area (Å²) in [7, 11) is 0. The van der Waals surface area contributed by atoms with Crippen LogP contribution in [0, 0.1) is 17.2 Å². The molecule has 1 aliphatic rings. The fourth-order valence-electron chi connectivity index (χ4n) is 2.09. The highest BCUT2D eigenvalue weighted by atomic mass is 79.9. The van der Waals surface area contributed by atoms with Gasteiger partial charge in [0.05, 0.1) is 6.07 Å². The number of amides is 1. The van der Waals surface area contributed by atoms with E-state index >= 15 is 0 Å². The highest BCUT2D eigenvalue weighted by molar-refractivity contribution is 9.10. The molecule has 1 atom stereocenters. The Kier molecular flexibility index (Phi) is 5.61. The van der Waals surface area contributed by atoms with Crippen molar-refractivity contribution in [1.82, 2.24) is 5.32 Å². The van der Waals surface area contributed by atoms with Crippen LogP contribution in [0.2, 0.25) is 0 Å². The number of carbonyl (C=O) groups is 2. The predicted octanol–water partition coefficient (Wildman–Crippen LogP) is 2.18. The molecule has 1 fully saturated rings. The second-order valence-electron chi connectivity index (χ2n) is 5.54. The molecule has 23 heavy (non-hydrogen) atoms. The second-order valence-corrected chi connectivity index (χ2v) is 6.46. The van der Waals surface area contributed by atoms with Crippen LogP contribution >= 0.6 is 15.9 Å². The summed E-state index contributed by atoms with van der Waals surface area (Å²) in [4.78, 5) is 23.4. The Labute approximate surface area is 142 Å². The maximum absolute atomic E-state index is 11.8. The van der Waals surface area contributed by atoms with Gasteiger partial charge in [-0.2, -0.15) is 5.26 Å². The summed E-state index contributed by atoms with van der Waals surface area (Å²) < 4.78 is 10.9. The molecule has 1 aromatic rings. The standard InChI is InChI=1S/C16H17BrN2O4/c1-16(10-18,11-5-6-11)19-14(20)8-23-15(21)9-22-13-4-2-3-12(17)7-13/h2-4,7,11H,5-6,8-9H2,1H3,(H,19,20)/t16-/m0/s1. The van der Waals surface area contributed by atoms with Gasteiger partial charge in [-0.15, -0.1) is 0 Å². The Morgan fingerprint density at radius 3 is 2.78 bits per heavy atom. The summed E-state index contributed by atoms with van der Waals surface area (Å²) in [5.74, 6) is -0.444. The number of ether oxygens (including phenoxy) is 2. The summed E-state index contributed by atoms with van der Waals surface area (Å²) >= 11 is 3.29. The molecule has 6 nitrogen and oxygen atoms in total. The van der Waals surface area contributed by atoms with Gasteiger partial charge in [0.25, 0.3) is 5.91 Å². The number of nitrogens with zero attached hydrogens (tertiary/aromatic N) is 1. The van der Waals surface area contributed by atoms with Crippen LogP contribution < -0.4 is 10.1 Å². The van der Waals surface area contributed by atoms with E-state index in [0.29, 0.717) is 5.75 Å². The minimum atomic E-state index is -0.893. The summed E-state index contributed by atoms with van der Waals surface area (Å²) in [6.45, 7) is 0.966. The Morgan fingerprint density at radius 1 is 1.43 bits per heavy atom. The number of nitrogens with one attached hydrogen (secondary N) is 1. The van der Waals surface area contributed by atoms with Gasteiger partial charge in [0.15, 0.2) is 13.2 Å². The van der Waals surface area contributed by atoms with Crippen molar-refractivity contribution in [2.45, 2.75) is 25.3 Å². The van der Waals surface area contributed by atoms with E-state index in [4.69, 9.17) is 14.7 Å². The summed E-state index contributed by atoms with van der Waals surface area (Å²) in [5, 5.41) is 11.8. The number of hydrogen-bond donors (Lipinski definition) is 1. The minimum absolute atomic E-state index is 0.173. The fraction of sp³-hybridized carbons (Fsp3) is 0.438. The van der Waals surface area contributed by atoms with Gasteiger partial charge in [-0.05, 0) is 43.9 Å². The number of carbonyl (C=O) groups excluding carboxylic acids is 2. The number of rotatable bonds is 7. The van der Waals surface area contributed by atoms with Gasteiger partial charge in [-0.3, -0.25) is 4.79 Å². The predicted molar refractivity (Wildman–Crippen MR) is 85.5 cm³/mol. The van der Waals surface area contributed by atoms with Crippen molar-refractivity contribution in [3.8, 4) is 11.8 Å². The molecule has 0 unspecified atom stereocenters. The Bertz CT molecular complexity index is 639. The van der Waals surface area contributed by atoms with Crippen molar-refractivity contribution >= 4 is 27.8 Å². The molecule has 0 bridgehead atoms. The highest BCUT2D eigenvalue weighted by Crippen LogP contribution is 2.39. The molecule has 1 aromatic carbocycles. The normalized spacial score (nSPS) is 15.9. The molecular weight excluding hydrogens is 364 g/mol. The van der Waals surface area contributed by atoms with E-state index < -0.39 is 24.0 Å². The van der Waals surface area contributed by atoms with Gasteiger partial charge < -0.3 is 14.8 Å². The number of benzene rings is 1. The average molecular weight is 381 g/mol. The molecule has 0 spiro atoms. The molecule has 1 saturated carbocycles. The second kappa shape index (κ2) is 7.47. The molecule has 1 aliphatic carbocycles. The first-order valence-corrected chi connectivity index (χ1v) is 7.98. The Morgan fingerprint density at radius 2 is 2.17 bits per heavy atom. The zero-order valence-corrected chi connectivity index (χ0v) is 14.3. The number of nitriles is 1. The number of hydrogen-bond acceptors (Lipinski definition) is 5. The van der Waals surface area contributed by atoms with Crippen LogP contribution in [0.25, 0.3) is 0 Å². The van der Waals surface area contributed by atoms with E-state index in [-0.39, 0.29) is 12.5 Å². The van der Waals surface area contributed by atoms with E-state index in [2.05, 4.69) is 27.3 Å². The van der Waals surface area contributed by atoms with Crippen molar-refractivity contribution in [2.75, 3.05) is 13.2 Å². The van der Waals surface area contributed by atoms with Gasteiger partial charge in [-0.1, -0.05) is 22.0 Å². The lowest BCUT2D eigenvalue weighted by Crippen LogP contribution is -2.48. The van der Waals surface area contributed by atoms with Gasteiger partial charge >= 0.3 is 5.97 Å². The maximum atomic E-state index is 11.8. The number of halogens is 1. The van der Waals surface area contributed by atoms with Crippen molar-refractivity contribution in [1.29, 1.82) is 5.26 Å². The molecule has 122 valence electrons. The van der Waals surface area contributed by atoms with E-state index in [0.717, 1.165) is 17.3 Å². The average Bonchev–Trinajstić information content (AvgIpc) is 3.36. The van der Waals surface area contributed by atoms with Gasteiger partial charge in [0.1, 0.15) is 11.3 Å². The van der Waals surface area contributed by atoms with Crippen LogP contribution in [0.3, 0.4) is 0 Å². The van der Waals surface area contributed by atoms with Crippen LogP contribution in [-0.2, 0) is 14.3 Å². The van der Waals surface area contributed by atoms with E-state index in [9.17, 15) is 9.59 Å². The highest BCUT2D eigenvalue weighted by Gasteiger charge is 2.43. The Hall–Kier alpha value is -2.07. The first-order chi connectivity index (χ1) is 10.9. The third-order valence-electron chi connectivity index (χ3n) is 3.54. The molecule has 0 heterocycles. The number of esters is 1.